The molecule has 1 aliphatic heterocycles. The van der Waals surface area contributed by atoms with Gasteiger partial charge in [-0.15, -0.1) is 10.2 Å². The van der Waals surface area contributed by atoms with Gasteiger partial charge in [-0.2, -0.15) is 0 Å². The number of nitrogens with zero attached hydrogens (tertiary/aromatic N) is 5. The summed E-state index contributed by atoms with van der Waals surface area (Å²) in [5, 5.41) is 11.8. The molecular weight excluding hydrogens is 376 g/mol. The van der Waals surface area contributed by atoms with E-state index in [9.17, 15) is 4.79 Å². The SMILES string of the molecule is CC(C)C(=O)NC(C)c1nnc2n1CCN(CC=Cc1ccc(N(C)C)cc1)CC2. The smallest absolute Gasteiger partial charge is 0.223 e. The van der Waals surface area contributed by atoms with Gasteiger partial charge < -0.3 is 14.8 Å². The van der Waals surface area contributed by atoms with Crippen LogP contribution in [0.3, 0.4) is 0 Å². The summed E-state index contributed by atoms with van der Waals surface area (Å²) in [4.78, 5) is 16.6. The molecule has 1 aromatic heterocycles. The Morgan fingerprint density at radius 2 is 1.87 bits per heavy atom. The van der Waals surface area contributed by atoms with Crippen LogP contribution >= 0.6 is 0 Å². The number of aromatic nitrogens is 3. The summed E-state index contributed by atoms with van der Waals surface area (Å²) in [6.07, 6.45) is 5.27. The van der Waals surface area contributed by atoms with Crippen molar-refractivity contribution in [2.45, 2.75) is 39.8 Å². The molecule has 0 spiro atoms. The minimum atomic E-state index is -0.141. The van der Waals surface area contributed by atoms with E-state index < -0.39 is 0 Å². The van der Waals surface area contributed by atoms with Crippen molar-refractivity contribution in [1.82, 2.24) is 25.0 Å². The van der Waals surface area contributed by atoms with E-state index in [1.165, 1.54) is 11.3 Å². The van der Waals surface area contributed by atoms with Gasteiger partial charge in [-0.1, -0.05) is 38.1 Å². The predicted molar refractivity (Wildman–Crippen MR) is 121 cm³/mol. The van der Waals surface area contributed by atoms with Crippen LogP contribution in [0.15, 0.2) is 30.3 Å². The van der Waals surface area contributed by atoms with E-state index in [1.54, 1.807) is 0 Å². The molecule has 1 aliphatic rings. The number of benzene rings is 1. The summed E-state index contributed by atoms with van der Waals surface area (Å²) >= 11 is 0. The van der Waals surface area contributed by atoms with Gasteiger partial charge in [0.15, 0.2) is 5.82 Å². The maximum atomic E-state index is 12.0. The number of rotatable bonds is 7. The number of carbonyl (C=O) groups is 1. The summed E-state index contributed by atoms with van der Waals surface area (Å²) < 4.78 is 2.18. The normalized spacial score (nSPS) is 15.8. The maximum Gasteiger partial charge on any atom is 0.223 e. The molecule has 1 unspecified atom stereocenters. The van der Waals surface area contributed by atoms with E-state index in [2.05, 4.69) is 80.4 Å². The monoisotopic (exact) mass is 410 g/mol. The van der Waals surface area contributed by atoms with Crippen molar-refractivity contribution in [1.29, 1.82) is 0 Å². The summed E-state index contributed by atoms with van der Waals surface area (Å²) in [7, 11) is 4.10. The Kier molecular flexibility index (Phi) is 7.26. The number of fused-ring (bicyclic) bond motifs is 1. The highest BCUT2D eigenvalue weighted by Crippen LogP contribution is 2.17. The molecule has 0 bridgehead atoms. The second-order valence-corrected chi connectivity index (χ2v) is 8.45. The van der Waals surface area contributed by atoms with Crippen LogP contribution in [0.4, 0.5) is 5.69 Å². The van der Waals surface area contributed by atoms with Crippen molar-refractivity contribution >= 4 is 17.7 Å². The molecule has 3 rings (SSSR count). The average molecular weight is 411 g/mol. The van der Waals surface area contributed by atoms with Gasteiger partial charge in [-0.25, -0.2) is 0 Å². The van der Waals surface area contributed by atoms with Crippen molar-refractivity contribution in [2.75, 3.05) is 38.6 Å². The van der Waals surface area contributed by atoms with Gasteiger partial charge in [0.05, 0.1) is 6.04 Å². The zero-order valence-electron chi connectivity index (χ0n) is 18.8. The molecule has 30 heavy (non-hydrogen) atoms. The minimum absolute atomic E-state index is 0.0406. The summed E-state index contributed by atoms with van der Waals surface area (Å²) in [5.74, 6) is 1.85. The molecule has 0 aliphatic carbocycles. The second kappa shape index (κ2) is 9.89. The van der Waals surface area contributed by atoms with Crippen LogP contribution in [0, 0.1) is 5.92 Å². The quantitative estimate of drug-likeness (QED) is 0.760. The second-order valence-electron chi connectivity index (χ2n) is 8.45. The molecule has 0 saturated carbocycles. The van der Waals surface area contributed by atoms with Gasteiger partial charge in [0, 0.05) is 58.3 Å². The van der Waals surface area contributed by atoms with Crippen molar-refractivity contribution in [3.8, 4) is 0 Å². The van der Waals surface area contributed by atoms with Crippen molar-refractivity contribution < 1.29 is 4.79 Å². The largest absolute Gasteiger partial charge is 0.378 e. The first-order valence-corrected chi connectivity index (χ1v) is 10.7. The highest BCUT2D eigenvalue weighted by molar-refractivity contribution is 5.78. The Morgan fingerprint density at radius 1 is 1.13 bits per heavy atom. The summed E-state index contributed by atoms with van der Waals surface area (Å²) in [6, 6.07) is 8.43. The van der Waals surface area contributed by atoms with Gasteiger partial charge in [0.1, 0.15) is 5.82 Å². The minimum Gasteiger partial charge on any atom is -0.378 e. The molecule has 0 saturated heterocycles. The van der Waals surface area contributed by atoms with Crippen LogP contribution in [0.2, 0.25) is 0 Å². The van der Waals surface area contributed by atoms with E-state index in [-0.39, 0.29) is 17.9 Å². The van der Waals surface area contributed by atoms with Gasteiger partial charge in [0.2, 0.25) is 5.91 Å². The first-order chi connectivity index (χ1) is 14.3. The zero-order chi connectivity index (χ0) is 21.7. The summed E-state index contributed by atoms with van der Waals surface area (Å²) in [5.41, 5.74) is 2.42. The van der Waals surface area contributed by atoms with Gasteiger partial charge >= 0.3 is 0 Å². The lowest BCUT2D eigenvalue weighted by Crippen LogP contribution is -2.32. The van der Waals surface area contributed by atoms with Crippen molar-refractivity contribution in [3.05, 3.63) is 47.6 Å². The van der Waals surface area contributed by atoms with E-state index in [1.807, 2.05) is 20.8 Å². The first-order valence-electron chi connectivity index (χ1n) is 10.7. The lowest BCUT2D eigenvalue weighted by Gasteiger charge is -2.19. The molecular formula is C23H34N6O. The Morgan fingerprint density at radius 3 is 2.53 bits per heavy atom. The van der Waals surface area contributed by atoms with Gasteiger partial charge in [-0.05, 0) is 24.6 Å². The van der Waals surface area contributed by atoms with Crippen LogP contribution in [-0.2, 0) is 17.8 Å². The Hall–Kier alpha value is -2.67. The van der Waals surface area contributed by atoms with Crippen LogP contribution in [0.5, 0.6) is 0 Å². The number of hydrogen-bond donors (Lipinski definition) is 1. The van der Waals surface area contributed by atoms with Gasteiger partial charge in [-0.3, -0.25) is 9.69 Å². The van der Waals surface area contributed by atoms with Crippen LogP contribution in [0.25, 0.3) is 6.08 Å². The van der Waals surface area contributed by atoms with Crippen LogP contribution in [-0.4, -0.2) is 59.3 Å². The zero-order valence-corrected chi connectivity index (χ0v) is 18.8. The lowest BCUT2D eigenvalue weighted by molar-refractivity contribution is -0.124. The Balaban J connectivity index is 1.56. The molecule has 162 valence electrons. The predicted octanol–water partition coefficient (Wildman–Crippen LogP) is 2.75. The van der Waals surface area contributed by atoms with E-state index >= 15 is 0 Å². The molecule has 1 N–H and O–H groups in total. The van der Waals surface area contributed by atoms with Crippen molar-refractivity contribution in [3.63, 3.8) is 0 Å². The molecule has 7 nitrogen and oxygen atoms in total. The fourth-order valence-corrected chi connectivity index (χ4v) is 3.56. The lowest BCUT2D eigenvalue weighted by atomic mass is 10.2. The number of amides is 1. The highest BCUT2D eigenvalue weighted by Gasteiger charge is 2.22. The fourth-order valence-electron chi connectivity index (χ4n) is 3.56. The molecule has 2 heterocycles. The van der Waals surface area contributed by atoms with Crippen LogP contribution in [0.1, 0.15) is 44.0 Å². The topological polar surface area (TPSA) is 66.3 Å². The maximum absolute atomic E-state index is 12.0. The fraction of sp³-hybridized carbons (Fsp3) is 0.522. The van der Waals surface area contributed by atoms with E-state index in [0.717, 1.165) is 44.2 Å². The third-order valence-electron chi connectivity index (χ3n) is 5.50. The first kappa shape index (κ1) is 22.0. The van der Waals surface area contributed by atoms with Crippen molar-refractivity contribution in [2.24, 2.45) is 5.92 Å². The van der Waals surface area contributed by atoms with Crippen LogP contribution < -0.4 is 10.2 Å². The molecule has 2 aromatic rings. The number of anilines is 1. The average Bonchev–Trinajstić information content (AvgIpc) is 3.02. The molecule has 0 fully saturated rings. The van der Waals surface area contributed by atoms with E-state index in [4.69, 9.17) is 0 Å². The number of hydrogen-bond acceptors (Lipinski definition) is 5. The third kappa shape index (κ3) is 5.48. The Labute approximate surface area is 179 Å². The summed E-state index contributed by atoms with van der Waals surface area (Å²) in [6.45, 7) is 9.41. The number of carbonyl (C=O) groups excluding carboxylic acids is 1. The third-order valence-corrected chi connectivity index (χ3v) is 5.50. The van der Waals surface area contributed by atoms with Gasteiger partial charge in [0.25, 0.3) is 0 Å². The highest BCUT2D eigenvalue weighted by atomic mass is 16.1. The molecule has 1 atom stereocenters. The molecule has 1 amide bonds. The standard InChI is InChI=1S/C23H34N6O/c1-17(2)23(30)24-18(3)22-26-25-21-12-14-28(15-16-29(21)22)13-6-7-19-8-10-20(11-9-19)27(4)5/h6-11,17-18H,12-16H2,1-5H3,(H,24,30). The van der Waals surface area contributed by atoms with E-state index in [0.29, 0.717) is 0 Å². The molecule has 7 heteroatoms. The Bertz CT molecular complexity index is 868. The molecule has 0 radical (unpaired) electrons. The molecule has 1 aromatic carbocycles. The number of nitrogens with one attached hydrogen (secondary N) is 1.